The van der Waals surface area contributed by atoms with Gasteiger partial charge < -0.3 is 14.4 Å². The summed E-state index contributed by atoms with van der Waals surface area (Å²) >= 11 is 1.77. The predicted molar refractivity (Wildman–Crippen MR) is 115 cm³/mol. The fraction of sp³-hybridized carbons (Fsp3) is 0.409. The summed E-state index contributed by atoms with van der Waals surface area (Å²) < 4.78 is 2.43. The lowest BCUT2D eigenvalue weighted by Crippen LogP contribution is -2.44. The lowest BCUT2D eigenvalue weighted by Gasteiger charge is -2.32. The van der Waals surface area contributed by atoms with Gasteiger partial charge in [0.1, 0.15) is 0 Å². The number of anilines is 1. The molecule has 1 saturated heterocycles. The van der Waals surface area contributed by atoms with Gasteiger partial charge in [0, 0.05) is 48.5 Å². The Labute approximate surface area is 166 Å². The van der Waals surface area contributed by atoms with Crippen LogP contribution in [0.1, 0.15) is 29.9 Å². The van der Waals surface area contributed by atoms with Crippen molar-refractivity contribution in [2.45, 2.75) is 26.8 Å². The van der Waals surface area contributed by atoms with Gasteiger partial charge in [0.15, 0.2) is 5.13 Å². The largest absolute Gasteiger partial charge is 0.346 e. The summed E-state index contributed by atoms with van der Waals surface area (Å²) in [6.07, 6.45) is 0. The number of rotatable bonds is 4. The van der Waals surface area contributed by atoms with Gasteiger partial charge in [0.2, 0.25) is 0 Å². The van der Waals surface area contributed by atoms with E-state index >= 15 is 0 Å². The van der Waals surface area contributed by atoms with E-state index in [2.05, 4.69) is 84.0 Å². The first-order valence-electron chi connectivity index (χ1n) is 9.67. The number of aryl methyl sites for hydroxylation is 1. The van der Waals surface area contributed by atoms with Crippen LogP contribution in [-0.4, -0.2) is 47.7 Å². The minimum Gasteiger partial charge on any atom is -0.346 e. The van der Waals surface area contributed by atoms with Gasteiger partial charge in [-0.3, -0.25) is 0 Å². The molecule has 4 nitrogen and oxygen atoms in total. The van der Waals surface area contributed by atoms with Gasteiger partial charge in [-0.2, -0.15) is 0 Å². The Kier molecular flexibility index (Phi) is 5.06. The number of thiazole rings is 1. The first kappa shape index (κ1) is 18.3. The number of hydrogen-bond acceptors (Lipinski definition) is 4. The number of aromatic nitrogens is 2. The molecule has 0 saturated carbocycles. The molecule has 0 N–H and O–H groups in total. The van der Waals surface area contributed by atoms with Crippen LogP contribution in [0.15, 0.2) is 41.8 Å². The fourth-order valence-electron chi connectivity index (χ4n) is 4.04. The zero-order valence-corrected chi connectivity index (χ0v) is 17.5. The summed E-state index contributed by atoms with van der Waals surface area (Å²) in [5, 5.41) is 3.37. The van der Waals surface area contributed by atoms with E-state index < -0.39 is 0 Å². The second-order valence-electron chi connectivity index (χ2n) is 7.55. The molecule has 1 atom stereocenters. The van der Waals surface area contributed by atoms with Crippen molar-refractivity contribution in [2.24, 2.45) is 0 Å². The van der Waals surface area contributed by atoms with Crippen molar-refractivity contribution < 1.29 is 0 Å². The molecule has 3 heterocycles. The highest BCUT2D eigenvalue weighted by Gasteiger charge is 2.21. The minimum absolute atomic E-state index is 0.315. The van der Waals surface area contributed by atoms with Crippen molar-refractivity contribution in [2.75, 3.05) is 38.1 Å². The third kappa shape index (κ3) is 3.54. The van der Waals surface area contributed by atoms with Crippen molar-refractivity contribution in [3.63, 3.8) is 0 Å². The van der Waals surface area contributed by atoms with Gasteiger partial charge in [0.05, 0.1) is 11.7 Å². The van der Waals surface area contributed by atoms with E-state index in [0.717, 1.165) is 37.0 Å². The molecule has 3 aromatic rings. The minimum atomic E-state index is 0.315. The van der Waals surface area contributed by atoms with Gasteiger partial charge in [-0.1, -0.05) is 30.3 Å². The lowest BCUT2D eigenvalue weighted by molar-refractivity contribution is 0.313. The molecule has 0 unspecified atom stereocenters. The van der Waals surface area contributed by atoms with Gasteiger partial charge >= 0.3 is 0 Å². The summed E-state index contributed by atoms with van der Waals surface area (Å²) in [7, 11) is 2.19. The molecule has 1 fully saturated rings. The molecule has 0 aliphatic carbocycles. The molecule has 5 heteroatoms. The average molecular weight is 381 g/mol. The van der Waals surface area contributed by atoms with E-state index in [9.17, 15) is 0 Å². The quantitative estimate of drug-likeness (QED) is 0.662. The Bertz CT molecular complexity index is 904. The third-order valence-electron chi connectivity index (χ3n) is 5.70. The molecule has 27 heavy (non-hydrogen) atoms. The molecule has 142 valence electrons. The molecular weight excluding hydrogens is 352 g/mol. The molecule has 0 bridgehead atoms. The van der Waals surface area contributed by atoms with Crippen LogP contribution in [-0.2, 0) is 0 Å². The van der Waals surface area contributed by atoms with Crippen molar-refractivity contribution in [3.05, 3.63) is 58.7 Å². The topological polar surface area (TPSA) is 24.3 Å². The molecule has 0 spiro atoms. The van der Waals surface area contributed by atoms with E-state index in [4.69, 9.17) is 4.98 Å². The van der Waals surface area contributed by atoms with Crippen molar-refractivity contribution in [1.29, 1.82) is 0 Å². The van der Waals surface area contributed by atoms with Gasteiger partial charge in [0.25, 0.3) is 0 Å². The highest BCUT2D eigenvalue weighted by molar-refractivity contribution is 7.14. The molecule has 2 aromatic heterocycles. The van der Waals surface area contributed by atoms with Crippen molar-refractivity contribution in [3.8, 4) is 11.3 Å². The second-order valence-corrected chi connectivity index (χ2v) is 8.38. The van der Waals surface area contributed by atoms with Crippen LogP contribution in [0, 0.1) is 13.8 Å². The Hall–Kier alpha value is -2.11. The summed E-state index contributed by atoms with van der Waals surface area (Å²) in [5.41, 5.74) is 6.27. The number of nitrogens with zero attached hydrogens (tertiary/aromatic N) is 4. The van der Waals surface area contributed by atoms with Crippen LogP contribution in [0.4, 0.5) is 5.13 Å². The zero-order chi connectivity index (χ0) is 19.0. The first-order valence-corrected chi connectivity index (χ1v) is 10.6. The first-order chi connectivity index (χ1) is 13.0. The monoisotopic (exact) mass is 380 g/mol. The molecule has 0 radical (unpaired) electrons. The van der Waals surface area contributed by atoms with Crippen LogP contribution >= 0.6 is 11.3 Å². The van der Waals surface area contributed by atoms with Crippen LogP contribution in [0.5, 0.6) is 0 Å². The Morgan fingerprint density at radius 2 is 1.74 bits per heavy atom. The van der Waals surface area contributed by atoms with E-state index in [0.29, 0.717) is 6.04 Å². The predicted octanol–water partition coefficient (Wildman–Crippen LogP) is 4.59. The summed E-state index contributed by atoms with van der Waals surface area (Å²) in [6.45, 7) is 11.0. The molecule has 1 aromatic carbocycles. The third-order valence-corrected chi connectivity index (χ3v) is 6.60. The zero-order valence-electron chi connectivity index (χ0n) is 16.6. The van der Waals surface area contributed by atoms with E-state index in [1.54, 1.807) is 11.3 Å². The van der Waals surface area contributed by atoms with Gasteiger partial charge in [-0.05, 0) is 39.4 Å². The SMILES string of the molecule is Cc1cc(-c2csc(N3CCN(C)CC3)n2)c(C)n1[C@H](C)c1ccccc1. The Balaban J connectivity index is 1.62. The molecule has 1 aliphatic rings. The summed E-state index contributed by atoms with van der Waals surface area (Å²) in [5.74, 6) is 0. The average Bonchev–Trinajstić information content (AvgIpc) is 3.27. The van der Waals surface area contributed by atoms with E-state index in [1.165, 1.54) is 22.5 Å². The normalized spacial score (nSPS) is 16.7. The van der Waals surface area contributed by atoms with Crippen molar-refractivity contribution >= 4 is 16.5 Å². The van der Waals surface area contributed by atoms with E-state index in [1.807, 2.05) is 0 Å². The molecule has 4 rings (SSSR count). The smallest absolute Gasteiger partial charge is 0.185 e. The van der Waals surface area contributed by atoms with Crippen LogP contribution in [0.25, 0.3) is 11.3 Å². The maximum absolute atomic E-state index is 4.99. The standard InChI is InChI=1S/C22H28N4S/c1-16-14-20(18(3)26(16)17(2)19-8-6-5-7-9-19)21-15-27-22(23-21)25-12-10-24(4)11-13-25/h5-9,14-15,17H,10-13H2,1-4H3/t17-/m1/s1. The van der Waals surface area contributed by atoms with E-state index in [-0.39, 0.29) is 0 Å². The lowest BCUT2D eigenvalue weighted by atomic mass is 10.1. The van der Waals surface area contributed by atoms with Gasteiger partial charge in [-0.15, -0.1) is 11.3 Å². The number of likely N-dealkylation sites (N-methyl/N-ethyl adjacent to an activating group) is 1. The van der Waals surface area contributed by atoms with Gasteiger partial charge in [-0.25, -0.2) is 4.98 Å². The van der Waals surface area contributed by atoms with Crippen LogP contribution < -0.4 is 4.90 Å². The number of benzene rings is 1. The maximum Gasteiger partial charge on any atom is 0.185 e. The second kappa shape index (κ2) is 7.49. The van der Waals surface area contributed by atoms with Crippen LogP contribution in [0.3, 0.4) is 0 Å². The summed E-state index contributed by atoms with van der Waals surface area (Å²) in [4.78, 5) is 9.78. The maximum atomic E-state index is 4.99. The molecule has 0 amide bonds. The highest BCUT2D eigenvalue weighted by atomic mass is 32.1. The number of piperazine rings is 1. The van der Waals surface area contributed by atoms with Crippen LogP contribution in [0.2, 0.25) is 0 Å². The van der Waals surface area contributed by atoms with Crippen molar-refractivity contribution in [1.82, 2.24) is 14.5 Å². The Morgan fingerprint density at radius 3 is 2.44 bits per heavy atom. The number of hydrogen-bond donors (Lipinski definition) is 0. The Morgan fingerprint density at radius 1 is 1.04 bits per heavy atom. The summed E-state index contributed by atoms with van der Waals surface area (Å²) in [6, 6.07) is 13.3. The molecular formula is C22H28N4S. The highest BCUT2D eigenvalue weighted by Crippen LogP contribution is 2.34. The molecule has 1 aliphatic heterocycles. The fourth-order valence-corrected chi connectivity index (χ4v) is 4.92.